The van der Waals surface area contributed by atoms with Gasteiger partial charge in [-0.05, 0) is 102 Å². The van der Waals surface area contributed by atoms with Crippen LogP contribution in [0.5, 0.6) is 0 Å². The van der Waals surface area contributed by atoms with Crippen LogP contribution in [0.1, 0.15) is 78.5 Å². The van der Waals surface area contributed by atoms with Gasteiger partial charge in [-0.1, -0.05) is 159 Å². The predicted octanol–water partition coefficient (Wildman–Crippen LogP) is 15.2. The molecule has 2 heteroatoms. The smallest absolute Gasteiger partial charge is 0.0541 e. The molecule has 8 aromatic rings. The highest BCUT2D eigenvalue weighted by molar-refractivity contribution is 6.11. The maximum atomic E-state index is 2.47. The van der Waals surface area contributed by atoms with Gasteiger partial charge in [-0.2, -0.15) is 0 Å². The number of rotatable bonds is 5. The van der Waals surface area contributed by atoms with Gasteiger partial charge in [-0.15, -0.1) is 0 Å². The van der Waals surface area contributed by atoms with E-state index >= 15 is 0 Å². The largest absolute Gasteiger partial charge is 0.309 e. The zero-order valence-electron chi connectivity index (χ0n) is 33.5. The Bertz CT molecular complexity index is 2470. The molecule has 0 N–H and O–H groups in total. The molecular weight excluding hydrogens is 653 g/mol. The lowest BCUT2D eigenvalue weighted by molar-refractivity contribution is 0.985. The van der Waals surface area contributed by atoms with Crippen molar-refractivity contribution in [2.75, 3.05) is 0 Å². The van der Waals surface area contributed by atoms with Crippen molar-refractivity contribution in [3.63, 3.8) is 0 Å². The van der Waals surface area contributed by atoms with Gasteiger partial charge in [-0.3, -0.25) is 0 Å². The number of aromatic nitrogens is 2. The second-order valence-electron chi connectivity index (χ2n) is 13.0. The fourth-order valence-electron chi connectivity index (χ4n) is 7.75. The van der Waals surface area contributed by atoms with Crippen LogP contribution in [-0.4, -0.2) is 9.13 Å². The van der Waals surface area contributed by atoms with Crippen LogP contribution in [0.3, 0.4) is 0 Å². The lowest BCUT2D eigenvalue weighted by Gasteiger charge is -2.11. The Hall–Kier alpha value is -5.60. The van der Waals surface area contributed by atoms with Crippen LogP contribution in [0, 0.1) is 11.8 Å². The molecule has 2 aliphatic carbocycles. The van der Waals surface area contributed by atoms with Gasteiger partial charge in [0.2, 0.25) is 0 Å². The van der Waals surface area contributed by atoms with Crippen molar-refractivity contribution >= 4 is 49.2 Å². The van der Waals surface area contributed by atoms with E-state index in [-0.39, 0.29) is 0 Å². The lowest BCUT2D eigenvalue weighted by Crippen LogP contribution is -1.96. The lowest BCUT2D eigenvalue weighted by atomic mass is 9.98. The summed E-state index contributed by atoms with van der Waals surface area (Å²) in [5, 5.41) is 5.20. The molecule has 2 nitrogen and oxygen atoms in total. The van der Waals surface area contributed by atoms with E-state index in [0.717, 1.165) is 18.3 Å². The molecule has 2 unspecified atom stereocenters. The van der Waals surface area contributed by atoms with Gasteiger partial charge in [0, 0.05) is 32.9 Å². The summed E-state index contributed by atoms with van der Waals surface area (Å²) in [4.78, 5) is 0. The first kappa shape index (κ1) is 38.1. The molecule has 6 aromatic carbocycles. The molecule has 2 aliphatic rings. The summed E-state index contributed by atoms with van der Waals surface area (Å²) in [6, 6.07) is 51.4. The van der Waals surface area contributed by atoms with E-state index in [1.807, 2.05) is 55.4 Å². The number of hydrogen-bond acceptors (Lipinski definition) is 0. The molecule has 2 aromatic heterocycles. The fraction of sp³-hybridized carbons (Fsp3) is 0.231. The Kier molecular flexibility index (Phi) is 12.3. The monoisotopic (exact) mass is 708 g/mol. The highest BCUT2D eigenvalue weighted by Gasteiger charge is 2.35. The van der Waals surface area contributed by atoms with Crippen molar-refractivity contribution in [3.8, 4) is 11.4 Å². The first-order valence-electron chi connectivity index (χ1n) is 20.4. The molecule has 10 rings (SSSR count). The molecule has 1 fully saturated rings. The molecule has 54 heavy (non-hydrogen) atoms. The molecule has 0 aliphatic heterocycles. The van der Waals surface area contributed by atoms with Gasteiger partial charge in [-0.25, -0.2) is 0 Å². The summed E-state index contributed by atoms with van der Waals surface area (Å²) < 4.78 is 4.80. The van der Waals surface area contributed by atoms with E-state index < -0.39 is 0 Å². The minimum absolute atomic E-state index is 0.744. The Labute approximate surface area is 323 Å². The van der Waals surface area contributed by atoms with Crippen LogP contribution in [-0.2, 0) is 6.42 Å². The quantitative estimate of drug-likeness (QED) is 0.168. The summed E-state index contributed by atoms with van der Waals surface area (Å²) >= 11 is 0. The number of allylic oxidation sites excluding steroid dienone is 4. The SMILES string of the molecule is C1=CC2CC2C=C1c1ccc2c(c1)c1ccccc1n2-c1ccc(Cc2ccc(-n3c4ccccc4c4ccccc43)cc2)cc1.CC.CC.CC.CC. The third-order valence-electron chi connectivity index (χ3n) is 10.2. The van der Waals surface area contributed by atoms with Crippen LogP contribution in [0.4, 0.5) is 0 Å². The maximum Gasteiger partial charge on any atom is 0.0541 e. The zero-order chi connectivity index (χ0) is 38.2. The summed E-state index contributed by atoms with van der Waals surface area (Å²) in [6.45, 7) is 16.0. The Morgan fingerprint density at radius 2 is 0.870 bits per heavy atom. The van der Waals surface area contributed by atoms with Crippen molar-refractivity contribution in [1.82, 2.24) is 9.13 Å². The third kappa shape index (κ3) is 7.18. The minimum Gasteiger partial charge on any atom is -0.309 e. The average Bonchev–Trinajstić information content (AvgIpc) is 3.87. The van der Waals surface area contributed by atoms with E-state index in [9.17, 15) is 0 Å². The Morgan fingerprint density at radius 1 is 0.444 bits per heavy atom. The summed E-state index contributed by atoms with van der Waals surface area (Å²) in [5.74, 6) is 1.52. The molecule has 274 valence electrons. The Balaban J connectivity index is 0.000000586. The maximum absolute atomic E-state index is 2.47. The molecule has 0 radical (unpaired) electrons. The molecule has 0 saturated heterocycles. The van der Waals surface area contributed by atoms with Gasteiger partial charge in [0.15, 0.2) is 0 Å². The van der Waals surface area contributed by atoms with Crippen LogP contribution in [0.15, 0.2) is 158 Å². The second-order valence-corrected chi connectivity index (χ2v) is 13.0. The number of para-hydroxylation sites is 3. The molecule has 2 heterocycles. The molecule has 0 spiro atoms. The molecule has 0 amide bonds. The van der Waals surface area contributed by atoms with Crippen molar-refractivity contribution in [1.29, 1.82) is 0 Å². The van der Waals surface area contributed by atoms with E-state index in [1.165, 1.54) is 83.7 Å². The van der Waals surface area contributed by atoms with Crippen molar-refractivity contribution in [2.24, 2.45) is 11.8 Å². The minimum atomic E-state index is 0.744. The molecular formula is C52H56N2. The molecule has 2 atom stereocenters. The van der Waals surface area contributed by atoms with Crippen molar-refractivity contribution < 1.29 is 0 Å². The predicted molar refractivity (Wildman–Crippen MR) is 238 cm³/mol. The van der Waals surface area contributed by atoms with Gasteiger partial charge in [0.05, 0.1) is 22.1 Å². The molecule has 1 saturated carbocycles. The summed E-state index contributed by atoms with van der Waals surface area (Å²) in [5.41, 5.74) is 12.7. The normalized spacial score (nSPS) is 15.1. The summed E-state index contributed by atoms with van der Waals surface area (Å²) in [6.07, 6.45) is 9.41. The van der Waals surface area contributed by atoms with Crippen LogP contribution in [0.25, 0.3) is 60.6 Å². The summed E-state index contributed by atoms with van der Waals surface area (Å²) in [7, 11) is 0. The third-order valence-corrected chi connectivity index (χ3v) is 10.2. The Morgan fingerprint density at radius 3 is 1.33 bits per heavy atom. The second kappa shape index (κ2) is 17.5. The van der Waals surface area contributed by atoms with Gasteiger partial charge in [0.25, 0.3) is 0 Å². The first-order chi connectivity index (χ1) is 26.8. The van der Waals surface area contributed by atoms with Crippen molar-refractivity contribution in [3.05, 3.63) is 174 Å². The van der Waals surface area contributed by atoms with E-state index in [4.69, 9.17) is 0 Å². The number of nitrogens with zero attached hydrogens (tertiary/aromatic N) is 2. The van der Waals surface area contributed by atoms with E-state index in [1.54, 1.807) is 0 Å². The molecule has 0 bridgehead atoms. The number of benzene rings is 6. The topological polar surface area (TPSA) is 9.86 Å². The highest BCUT2D eigenvalue weighted by Crippen LogP contribution is 2.46. The van der Waals surface area contributed by atoms with Crippen LogP contribution in [0.2, 0.25) is 0 Å². The van der Waals surface area contributed by atoms with Crippen LogP contribution < -0.4 is 0 Å². The number of fused-ring (bicyclic) bond motifs is 7. The highest BCUT2D eigenvalue weighted by atomic mass is 15.0. The van der Waals surface area contributed by atoms with Crippen molar-refractivity contribution in [2.45, 2.75) is 68.2 Å². The van der Waals surface area contributed by atoms with E-state index in [0.29, 0.717) is 0 Å². The fourth-order valence-corrected chi connectivity index (χ4v) is 7.75. The van der Waals surface area contributed by atoms with Crippen LogP contribution >= 0.6 is 0 Å². The van der Waals surface area contributed by atoms with E-state index in [2.05, 4.69) is 167 Å². The number of hydrogen-bond donors (Lipinski definition) is 0. The first-order valence-corrected chi connectivity index (χ1v) is 20.4. The van der Waals surface area contributed by atoms with Gasteiger partial charge in [0.1, 0.15) is 0 Å². The zero-order valence-corrected chi connectivity index (χ0v) is 33.5. The average molecular weight is 709 g/mol. The van der Waals surface area contributed by atoms with Gasteiger partial charge >= 0.3 is 0 Å². The van der Waals surface area contributed by atoms with Gasteiger partial charge < -0.3 is 9.13 Å². The standard InChI is InChI=1S/C44H32N2.4C2H6/c1-4-10-41-37(7-1)38-8-2-5-11-42(38)45(41)35-20-13-29(14-21-35)25-30-15-22-36(23-16-30)46-43-12-6-3-9-39(43)40-28-33(19-24-44(40)46)31-17-18-32-27-34(32)26-31;4*1-2/h1-24,26,28,32,34H,25,27H2;4*1-2H3.